The van der Waals surface area contributed by atoms with Crippen molar-refractivity contribution in [3.8, 4) is 0 Å². The minimum atomic E-state index is 0.369. The van der Waals surface area contributed by atoms with E-state index >= 15 is 0 Å². The van der Waals surface area contributed by atoms with Gasteiger partial charge in [-0.2, -0.15) is 0 Å². The highest BCUT2D eigenvalue weighted by Crippen LogP contribution is 1.95. The molecule has 0 N–H and O–H groups in total. The van der Waals surface area contributed by atoms with Crippen molar-refractivity contribution in [2.24, 2.45) is 0 Å². The summed E-state index contributed by atoms with van der Waals surface area (Å²) < 4.78 is 20.1. The topological polar surface area (TPSA) is 36.9 Å². The zero-order valence-corrected chi connectivity index (χ0v) is 9.29. The van der Waals surface area contributed by atoms with Crippen molar-refractivity contribution in [1.82, 2.24) is 0 Å². The van der Waals surface area contributed by atoms with Crippen LogP contribution in [-0.2, 0) is 18.9 Å². The Kier molecular flexibility index (Phi) is 12.7. The summed E-state index contributed by atoms with van der Waals surface area (Å²) in [5.74, 6) is 0. The monoisotopic (exact) mass is 206 g/mol. The van der Waals surface area contributed by atoms with Crippen LogP contribution in [0.5, 0.6) is 0 Å². The molecule has 0 bridgehead atoms. The molecule has 0 atom stereocenters. The fourth-order valence-corrected chi connectivity index (χ4v) is 0.946. The molecule has 0 rings (SSSR count). The second kappa shape index (κ2) is 12.8. The van der Waals surface area contributed by atoms with Gasteiger partial charge in [-0.05, 0) is 19.3 Å². The molecular formula is C10H22O4. The van der Waals surface area contributed by atoms with Crippen LogP contribution in [0.15, 0.2) is 0 Å². The Hall–Kier alpha value is -0.160. The van der Waals surface area contributed by atoms with Gasteiger partial charge < -0.3 is 18.9 Å². The second-order valence-corrected chi connectivity index (χ2v) is 2.98. The summed E-state index contributed by atoms with van der Waals surface area (Å²) in [5.41, 5.74) is 0. The molecule has 14 heavy (non-hydrogen) atoms. The molecule has 86 valence electrons. The number of hydrogen-bond acceptors (Lipinski definition) is 4. The Morgan fingerprint density at radius 1 is 0.643 bits per heavy atom. The highest BCUT2D eigenvalue weighted by Gasteiger charge is 1.90. The van der Waals surface area contributed by atoms with E-state index in [1.165, 1.54) is 0 Å². The third-order valence-electron chi connectivity index (χ3n) is 1.74. The number of methoxy groups -OCH3 is 2. The highest BCUT2D eigenvalue weighted by atomic mass is 16.7. The van der Waals surface area contributed by atoms with Crippen molar-refractivity contribution < 1.29 is 18.9 Å². The Balaban J connectivity index is 2.78. The van der Waals surface area contributed by atoms with Crippen molar-refractivity contribution in [2.75, 3.05) is 47.4 Å². The minimum Gasteiger partial charge on any atom is -0.385 e. The fraction of sp³-hybridized carbons (Fsp3) is 1.00. The molecule has 0 aliphatic carbocycles. The van der Waals surface area contributed by atoms with Gasteiger partial charge in [-0.3, -0.25) is 0 Å². The van der Waals surface area contributed by atoms with E-state index in [0.29, 0.717) is 20.0 Å². The van der Waals surface area contributed by atoms with Gasteiger partial charge in [-0.25, -0.2) is 0 Å². The number of ether oxygens (including phenoxy) is 4. The molecule has 4 nitrogen and oxygen atoms in total. The van der Waals surface area contributed by atoms with E-state index in [1.807, 2.05) is 0 Å². The Morgan fingerprint density at radius 3 is 2.00 bits per heavy atom. The molecule has 0 fully saturated rings. The van der Waals surface area contributed by atoms with Crippen molar-refractivity contribution in [1.29, 1.82) is 0 Å². The van der Waals surface area contributed by atoms with Gasteiger partial charge in [0, 0.05) is 27.4 Å². The SMILES string of the molecule is COCCCCCOCOCCOC. The third kappa shape index (κ3) is 11.8. The van der Waals surface area contributed by atoms with Crippen LogP contribution in [0.1, 0.15) is 19.3 Å². The molecule has 0 saturated heterocycles. The van der Waals surface area contributed by atoms with E-state index in [9.17, 15) is 0 Å². The predicted molar refractivity (Wildman–Crippen MR) is 54.4 cm³/mol. The Bertz CT molecular complexity index is 86.1. The molecular weight excluding hydrogens is 184 g/mol. The quantitative estimate of drug-likeness (QED) is 0.378. The maximum absolute atomic E-state index is 5.24. The lowest BCUT2D eigenvalue weighted by Gasteiger charge is -2.05. The first kappa shape index (κ1) is 13.8. The maximum atomic E-state index is 5.24. The van der Waals surface area contributed by atoms with E-state index in [1.54, 1.807) is 14.2 Å². The van der Waals surface area contributed by atoms with Crippen LogP contribution in [0.4, 0.5) is 0 Å². The second-order valence-electron chi connectivity index (χ2n) is 2.98. The molecule has 0 aliphatic heterocycles. The molecule has 0 heterocycles. The van der Waals surface area contributed by atoms with Gasteiger partial charge in [0.2, 0.25) is 0 Å². The van der Waals surface area contributed by atoms with Gasteiger partial charge in [-0.1, -0.05) is 0 Å². The largest absolute Gasteiger partial charge is 0.385 e. The normalized spacial score (nSPS) is 10.7. The van der Waals surface area contributed by atoms with E-state index in [0.717, 1.165) is 32.5 Å². The summed E-state index contributed by atoms with van der Waals surface area (Å²) >= 11 is 0. The Morgan fingerprint density at radius 2 is 1.29 bits per heavy atom. The van der Waals surface area contributed by atoms with Gasteiger partial charge in [0.05, 0.1) is 13.2 Å². The molecule has 0 aromatic heterocycles. The van der Waals surface area contributed by atoms with Gasteiger partial charge >= 0.3 is 0 Å². The van der Waals surface area contributed by atoms with E-state index in [4.69, 9.17) is 18.9 Å². The first-order chi connectivity index (χ1) is 6.91. The molecule has 0 amide bonds. The summed E-state index contributed by atoms with van der Waals surface area (Å²) in [6.07, 6.45) is 3.31. The molecule has 0 spiro atoms. The standard InChI is InChI=1S/C10H22O4/c1-11-6-4-3-5-7-13-10-14-9-8-12-2/h3-10H2,1-2H3. The van der Waals surface area contributed by atoms with E-state index in [-0.39, 0.29) is 0 Å². The van der Waals surface area contributed by atoms with Gasteiger partial charge in [0.15, 0.2) is 0 Å². The van der Waals surface area contributed by atoms with Crippen LogP contribution in [0.25, 0.3) is 0 Å². The third-order valence-corrected chi connectivity index (χ3v) is 1.74. The molecule has 0 unspecified atom stereocenters. The van der Waals surface area contributed by atoms with Gasteiger partial charge in [0.25, 0.3) is 0 Å². The fourth-order valence-electron chi connectivity index (χ4n) is 0.946. The van der Waals surface area contributed by atoms with Crippen LogP contribution in [0, 0.1) is 0 Å². The summed E-state index contributed by atoms with van der Waals surface area (Å²) in [4.78, 5) is 0. The number of unbranched alkanes of at least 4 members (excludes halogenated alkanes) is 2. The smallest absolute Gasteiger partial charge is 0.146 e. The van der Waals surface area contributed by atoms with Crippen molar-refractivity contribution >= 4 is 0 Å². The van der Waals surface area contributed by atoms with Crippen molar-refractivity contribution in [3.63, 3.8) is 0 Å². The maximum Gasteiger partial charge on any atom is 0.146 e. The minimum absolute atomic E-state index is 0.369. The van der Waals surface area contributed by atoms with Crippen LogP contribution >= 0.6 is 0 Å². The van der Waals surface area contributed by atoms with Crippen LogP contribution in [0.2, 0.25) is 0 Å². The summed E-state index contributed by atoms with van der Waals surface area (Å²) in [7, 11) is 3.38. The lowest BCUT2D eigenvalue weighted by atomic mass is 10.2. The van der Waals surface area contributed by atoms with Crippen molar-refractivity contribution in [2.45, 2.75) is 19.3 Å². The lowest BCUT2D eigenvalue weighted by molar-refractivity contribution is -0.0665. The molecule has 0 radical (unpaired) electrons. The first-order valence-electron chi connectivity index (χ1n) is 5.05. The molecule has 0 aromatic rings. The van der Waals surface area contributed by atoms with Crippen LogP contribution < -0.4 is 0 Å². The molecule has 4 heteroatoms. The van der Waals surface area contributed by atoms with Crippen molar-refractivity contribution in [3.05, 3.63) is 0 Å². The summed E-state index contributed by atoms with van der Waals surface area (Å²) in [6, 6.07) is 0. The Labute approximate surface area is 86.5 Å². The predicted octanol–water partition coefficient (Wildman–Crippen LogP) is 1.44. The highest BCUT2D eigenvalue weighted by molar-refractivity contribution is 4.39. The van der Waals surface area contributed by atoms with Gasteiger partial charge in [0.1, 0.15) is 6.79 Å². The van der Waals surface area contributed by atoms with E-state index in [2.05, 4.69) is 0 Å². The average molecular weight is 206 g/mol. The average Bonchev–Trinajstić information content (AvgIpc) is 2.21. The zero-order valence-electron chi connectivity index (χ0n) is 9.29. The molecule has 0 aliphatic rings. The van der Waals surface area contributed by atoms with E-state index < -0.39 is 0 Å². The summed E-state index contributed by atoms with van der Waals surface area (Å²) in [6.45, 7) is 3.19. The van der Waals surface area contributed by atoms with Gasteiger partial charge in [-0.15, -0.1) is 0 Å². The van der Waals surface area contributed by atoms with Crippen LogP contribution in [-0.4, -0.2) is 47.4 Å². The molecule has 0 aromatic carbocycles. The zero-order chi connectivity index (χ0) is 10.5. The molecule has 0 saturated carbocycles. The number of hydrogen-bond donors (Lipinski definition) is 0. The van der Waals surface area contributed by atoms with Crippen LogP contribution in [0.3, 0.4) is 0 Å². The summed E-state index contributed by atoms with van der Waals surface area (Å²) in [5, 5.41) is 0. The lowest BCUT2D eigenvalue weighted by Crippen LogP contribution is -2.06. The first-order valence-corrected chi connectivity index (χ1v) is 5.05. The number of rotatable bonds is 11.